The van der Waals surface area contributed by atoms with Crippen LogP contribution in [-0.2, 0) is 6.18 Å². The Labute approximate surface area is 153 Å². The molecule has 26 heavy (non-hydrogen) atoms. The number of rotatable bonds is 2. The predicted octanol–water partition coefficient (Wildman–Crippen LogP) is 4.56. The normalized spacial score (nSPS) is 15.7. The van der Waals surface area contributed by atoms with Crippen LogP contribution in [0.5, 0.6) is 0 Å². The predicted molar refractivity (Wildman–Crippen MR) is 97.0 cm³/mol. The maximum Gasteiger partial charge on any atom is 0.416 e. The lowest BCUT2D eigenvalue weighted by molar-refractivity contribution is -0.137. The van der Waals surface area contributed by atoms with Gasteiger partial charge in [0.1, 0.15) is 0 Å². The highest BCUT2D eigenvalue weighted by Gasteiger charge is 2.31. The molecule has 2 aromatic carbocycles. The first kappa shape index (κ1) is 17.0. The smallest absolute Gasteiger partial charge is 0.367 e. The average Bonchev–Trinajstić information content (AvgIpc) is 3.05. The number of H-pyrrole nitrogens is 1. The summed E-state index contributed by atoms with van der Waals surface area (Å²) in [7, 11) is 0. The quantitative estimate of drug-likeness (QED) is 0.707. The molecule has 1 aliphatic rings. The second-order valence-electron chi connectivity index (χ2n) is 6.22. The number of benzene rings is 2. The van der Waals surface area contributed by atoms with Crippen molar-refractivity contribution in [3.05, 3.63) is 53.1 Å². The molecule has 0 aliphatic carbocycles. The summed E-state index contributed by atoms with van der Waals surface area (Å²) in [6.07, 6.45) is -4.36. The van der Waals surface area contributed by atoms with Gasteiger partial charge in [0.05, 0.1) is 27.3 Å². The summed E-state index contributed by atoms with van der Waals surface area (Å²) in [5.74, 6) is 0.595. The van der Waals surface area contributed by atoms with Crippen molar-refractivity contribution in [3.8, 4) is 0 Å². The molecule has 0 radical (unpaired) electrons. The summed E-state index contributed by atoms with van der Waals surface area (Å²) >= 11 is 6.25. The maximum atomic E-state index is 12.9. The summed E-state index contributed by atoms with van der Waals surface area (Å²) in [4.78, 5) is 11.7. The lowest BCUT2D eigenvalue weighted by Crippen LogP contribution is -2.47. The molecule has 0 amide bonds. The van der Waals surface area contributed by atoms with Crippen LogP contribution < -0.4 is 9.80 Å². The zero-order valence-corrected chi connectivity index (χ0v) is 14.5. The first-order valence-electron chi connectivity index (χ1n) is 8.23. The number of fused-ring (bicyclic) bond motifs is 1. The standard InChI is InChI=1S/C18H16ClF3N4/c19-13-3-1-2-4-16(13)25-7-9-26(10-8-25)17-23-14-6-5-12(18(20,21)22)11-15(14)24-17/h1-6,11H,7-10H2,(H,23,24). The molecule has 1 aromatic heterocycles. The first-order chi connectivity index (χ1) is 12.4. The number of imidazole rings is 1. The SMILES string of the molecule is FC(F)(F)c1ccc2nc(N3CCN(c4ccccc4Cl)CC3)[nH]c2c1. The number of hydrogen-bond donors (Lipinski definition) is 1. The number of para-hydroxylation sites is 1. The third-order valence-electron chi connectivity index (χ3n) is 4.57. The molecule has 0 spiro atoms. The molecule has 0 unspecified atom stereocenters. The maximum absolute atomic E-state index is 12.9. The Balaban J connectivity index is 1.52. The van der Waals surface area contributed by atoms with Crippen LogP contribution >= 0.6 is 11.6 Å². The van der Waals surface area contributed by atoms with Crippen molar-refractivity contribution in [1.29, 1.82) is 0 Å². The van der Waals surface area contributed by atoms with Gasteiger partial charge in [-0.3, -0.25) is 0 Å². The highest BCUT2D eigenvalue weighted by Crippen LogP contribution is 2.32. The summed E-state index contributed by atoms with van der Waals surface area (Å²) in [6, 6.07) is 11.3. The van der Waals surface area contributed by atoms with Crippen LogP contribution in [0.15, 0.2) is 42.5 Å². The monoisotopic (exact) mass is 380 g/mol. The zero-order valence-electron chi connectivity index (χ0n) is 13.7. The topological polar surface area (TPSA) is 35.2 Å². The fourth-order valence-electron chi connectivity index (χ4n) is 3.19. The average molecular weight is 381 g/mol. The van der Waals surface area contributed by atoms with E-state index in [9.17, 15) is 13.2 Å². The zero-order chi connectivity index (χ0) is 18.3. The Hall–Kier alpha value is -2.41. The van der Waals surface area contributed by atoms with E-state index in [2.05, 4.69) is 14.9 Å². The van der Waals surface area contributed by atoms with Crippen LogP contribution in [0.4, 0.5) is 24.8 Å². The van der Waals surface area contributed by atoms with Crippen LogP contribution in [0, 0.1) is 0 Å². The van der Waals surface area contributed by atoms with Crippen molar-refractivity contribution in [2.24, 2.45) is 0 Å². The molecule has 1 fully saturated rings. The molecule has 0 bridgehead atoms. The Kier molecular flexibility index (Phi) is 4.19. The highest BCUT2D eigenvalue weighted by molar-refractivity contribution is 6.33. The van der Waals surface area contributed by atoms with Gasteiger partial charge in [0.15, 0.2) is 0 Å². The Morgan fingerprint density at radius 3 is 2.35 bits per heavy atom. The fraction of sp³-hybridized carbons (Fsp3) is 0.278. The van der Waals surface area contributed by atoms with E-state index in [-0.39, 0.29) is 0 Å². The minimum atomic E-state index is -4.36. The van der Waals surface area contributed by atoms with Gasteiger partial charge in [0.2, 0.25) is 5.95 Å². The number of hydrogen-bond acceptors (Lipinski definition) is 3. The summed E-state index contributed by atoms with van der Waals surface area (Å²) in [6.45, 7) is 2.93. The molecule has 1 saturated heterocycles. The second kappa shape index (κ2) is 6.39. The summed E-state index contributed by atoms with van der Waals surface area (Å²) < 4.78 is 38.6. The number of aromatic nitrogens is 2. The van der Waals surface area contributed by atoms with E-state index in [1.807, 2.05) is 29.2 Å². The van der Waals surface area contributed by atoms with Gasteiger partial charge in [-0.25, -0.2) is 4.98 Å². The molecule has 136 valence electrons. The molecule has 0 saturated carbocycles. The largest absolute Gasteiger partial charge is 0.416 e. The van der Waals surface area contributed by atoms with Gasteiger partial charge in [0.25, 0.3) is 0 Å². The first-order valence-corrected chi connectivity index (χ1v) is 8.61. The van der Waals surface area contributed by atoms with E-state index < -0.39 is 11.7 Å². The minimum absolute atomic E-state index is 0.392. The van der Waals surface area contributed by atoms with Gasteiger partial charge in [-0.15, -0.1) is 0 Å². The van der Waals surface area contributed by atoms with Gasteiger partial charge in [-0.05, 0) is 30.3 Å². The van der Waals surface area contributed by atoms with Crippen molar-refractivity contribution < 1.29 is 13.2 Å². The Morgan fingerprint density at radius 1 is 0.962 bits per heavy atom. The molecule has 1 N–H and O–H groups in total. The number of alkyl halides is 3. The fourth-order valence-corrected chi connectivity index (χ4v) is 3.44. The molecule has 2 heterocycles. The van der Waals surface area contributed by atoms with E-state index in [0.717, 1.165) is 30.9 Å². The third kappa shape index (κ3) is 3.19. The minimum Gasteiger partial charge on any atom is -0.367 e. The van der Waals surface area contributed by atoms with E-state index >= 15 is 0 Å². The van der Waals surface area contributed by atoms with Crippen molar-refractivity contribution in [1.82, 2.24) is 9.97 Å². The van der Waals surface area contributed by atoms with Gasteiger partial charge in [-0.1, -0.05) is 23.7 Å². The Morgan fingerprint density at radius 2 is 1.65 bits per heavy atom. The summed E-state index contributed by atoms with van der Waals surface area (Å²) in [5.41, 5.74) is 1.24. The summed E-state index contributed by atoms with van der Waals surface area (Å²) in [5, 5.41) is 0.712. The van der Waals surface area contributed by atoms with Crippen molar-refractivity contribution in [2.45, 2.75) is 6.18 Å². The molecule has 3 aromatic rings. The van der Waals surface area contributed by atoms with Crippen LogP contribution in [0.2, 0.25) is 5.02 Å². The molecule has 8 heteroatoms. The third-order valence-corrected chi connectivity index (χ3v) is 4.89. The lowest BCUT2D eigenvalue weighted by Gasteiger charge is -2.36. The van der Waals surface area contributed by atoms with E-state index in [1.54, 1.807) is 0 Å². The van der Waals surface area contributed by atoms with Crippen LogP contribution in [0.1, 0.15) is 5.56 Å². The van der Waals surface area contributed by atoms with E-state index in [1.165, 1.54) is 6.07 Å². The molecular formula is C18H16ClF3N4. The Bertz CT molecular complexity index is 930. The number of nitrogens with zero attached hydrogens (tertiary/aromatic N) is 3. The van der Waals surface area contributed by atoms with Gasteiger partial charge in [-0.2, -0.15) is 13.2 Å². The molecule has 1 aliphatic heterocycles. The number of halogens is 4. The lowest BCUT2D eigenvalue weighted by atomic mass is 10.2. The number of piperazine rings is 1. The van der Waals surface area contributed by atoms with Crippen molar-refractivity contribution in [2.75, 3.05) is 36.0 Å². The second-order valence-corrected chi connectivity index (χ2v) is 6.62. The highest BCUT2D eigenvalue weighted by atomic mass is 35.5. The number of anilines is 2. The van der Waals surface area contributed by atoms with Crippen molar-refractivity contribution >= 4 is 34.3 Å². The number of aromatic amines is 1. The molecular weight excluding hydrogens is 365 g/mol. The number of nitrogens with one attached hydrogen (secondary N) is 1. The molecule has 4 nitrogen and oxygen atoms in total. The van der Waals surface area contributed by atoms with Crippen LogP contribution in [0.3, 0.4) is 0 Å². The van der Waals surface area contributed by atoms with E-state index in [4.69, 9.17) is 11.6 Å². The van der Waals surface area contributed by atoms with E-state index in [0.29, 0.717) is 35.1 Å². The van der Waals surface area contributed by atoms with Crippen molar-refractivity contribution in [3.63, 3.8) is 0 Å². The molecule has 0 atom stereocenters. The van der Waals surface area contributed by atoms with Gasteiger partial charge >= 0.3 is 6.18 Å². The van der Waals surface area contributed by atoms with Gasteiger partial charge < -0.3 is 14.8 Å². The van der Waals surface area contributed by atoms with Crippen LogP contribution in [0.25, 0.3) is 11.0 Å². The molecule has 4 rings (SSSR count). The van der Waals surface area contributed by atoms with Crippen LogP contribution in [-0.4, -0.2) is 36.1 Å². The van der Waals surface area contributed by atoms with Gasteiger partial charge in [0, 0.05) is 26.2 Å².